The molecule has 0 saturated carbocycles. The zero-order chi connectivity index (χ0) is 39.2. The van der Waals surface area contributed by atoms with Crippen LogP contribution >= 0.6 is 0 Å². The van der Waals surface area contributed by atoms with Crippen molar-refractivity contribution in [2.75, 3.05) is 0 Å². The minimum atomic E-state index is -4.98. The van der Waals surface area contributed by atoms with Crippen LogP contribution in [0.5, 0.6) is 0 Å². The largest absolute Gasteiger partial charge is 0.416 e. The van der Waals surface area contributed by atoms with Crippen LogP contribution in [0.25, 0.3) is 50.1 Å². The van der Waals surface area contributed by atoms with Gasteiger partial charge in [-0.05, 0) is 86.5 Å². The molecule has 0 heterocycles. The summed E-state index contributed by atoms with van der Waals surface area (Å²) in [5.41, 5.74) is -10.1. The third kappa shape index (κ3) is 4.70. The van der Waals surface area contributed by atoms with Crippen molar-refractivity contribution in [2.24, 2.45) is 0 Å². The summed E-state index contributed by atoms with van der Waals surface area (Å²) in [5.74, 6) is 0. The second-order valence-corrected chi connectivity index (χ2v) is 11.9. The molecular formula is C39H9F9N6. The van der Waals surface area contributed by atoms with E-state index in [1.807, 2.05) is 0 Å². The lowest BCUT2D eigenvalue weighted by Crippen LogP contribution is -2.05. The van der Waals surface area contributed by atoms with E-state index in [0.29, 0.717) is 36.4 Å². The summed E-state index contributed by atoms with van der Waals surface area (Å²) in [7, 11) is 0. The molecule has 6 nitrogen and oxygen atoms in total. The molecule has 0 aromatic heterocycles. The average molecular weight is 733 g/mol. The standard InChI is InChI=1S/C39H9F9N6/c40-37(41,42)19-1-4-22-25(7-19)28(16(10-49)11-50)34-31(22)35-29(17(12-51)13-52)26-8-20(38(43,44)45)2-5-23(26)33(35)36-30(18(14-53)15-54)27-9-21(39(46,47)48)3-6-24(27)32(34)36/h1-9H. The average Bonchev–Trinajstić information content (AvgIpc) is 3.75. The van der Waals surface area contributed by atoms with E-state index in [1.54, 1.807) is 36.4 Å². The van der Waals surface area contributed by atoms with Crippen molar-refractivity contribution in [3.8, 4) is 69.8 Å². The summed E-state index contributed by atoms with van der Waals surface area (Å²) in [6.07, 6.45) is -14.9. The van der Waals surface area contributed by atoms with E-state index in [-0.39, 0.29) is 66.8 Å². The van der Waals surface area contributed by atoms with E-state index in [1.165, 1.54) is 0 Å². The second-order valence-electron chi connectivity index (χ2n) is 11.9. The van der Waals surface area contributed by atoms with Crippen LogP contribution in [0.15, 0.2) is 71.3 Å². The maximum atomic E-state index is 14.2. The van der Waals surface area contributed by atoms with Crippen LogP contribution in [0.4, 0.5) is 39.5 Å². The Morgan fingerprint density at radius 3 is 0.741 bits per heavy atom. The van der Waals surface area contributed by atoms with Crippen molar-refractivity contribution in [2.45, 2.75) is 18.5 Å². The zero-order valence-electron chi connectivity index (χ0n) is 26.3. The van der Waals surface area contributed by atoms with Crippen molar-refractivity contribution < 1.29 is 39.5 Å². The third-order valence-electron chi connectivity index (χ3n) is 9.33. The molecular weight excluding hydrogens is 723 g/mol. The molecule has 0 amide bonds. The molecule has 0 spiro atoms. The summed E-state index contributed by atoms with van der Waals surface area (Å²) in [6.45, 7) is 0. The van der Waals surface area contributed by atoms with Gasteiger partial charge in [-0.1, -0.05) is 18.2 Å². The lowest BCUT2D eigenvalue weighted by atomic mass is 9.82. The van der Waals surface area contributed by atoms with Gasteiger partial charge in [-0.2, -0.15) is 71.1 Å². The van der Waals surface area contributed by atoms with Gasteiger partial charge in [0.05, 0.1) is 16.7 Å². The number of allylic oxidation sites excluding steroid dienone is 3. The molecule has 0 bridgehead atoms. The SMILES string of the molecule is N#CC(C#N)=C1c2cc(C(F)(F)F)ccc2-c2c1c1c(c3c2C(=C(C#N)C#N)c2cc(C(F)(F)F)ccc2-3)C(=C(C#N)C#N)c2cc(C(F)(F)F)ccc2-1. The number of hydrogen-bond donors (Lipinski definition) is 0. The maximum absolute atomic E-state index is 14.2. The van der Waals surface area contributed by atoms with Crippen molar-refractivity contribution in [3.63, 3.8) is 0 Å². The van der Waals surface area contributed by atoms with Crippen LogP contribution in [0.2, 0.25) is 0 Å². The van der Waals surface area contributed by atoms with E-state index < -0.39 is 68.7 Å². The molecule has 54 heavy (non-hydrogen) atoms. The van der Waals surface area contributed by atoms with Gasteiger partial charge < -0.3 is 0 Å². The van der Waals surface area contributed by atoms with Gasteiger partial charge in [0.15, 0.2) is 0 Å². The summed E-state index contributed by atoms with van der Waals surface area (Å²) in [6, 6.07) is 16.5. The highest BCUT2D eigenvalue weighted by Crippen LogP contribution is 2.65. The van der Waals surface area contributed by atoms with Crippen molar-refractivity contribution in [1.82, 2.24) is 0 Å². The zero-order valence-corrected chi connectivity index (χ0v) is 26.3. The highest BCUT2D eigenvalue weighted by molar-refractivity contribution is 6.24. The van der Waals surface area contributed by atoms with Gasteiger partial charge in [-0.15, -0.1) is 0 Å². The second kappa shape index (κ2) is 11.5. The number of hydrogen-bond acceptors (Lipinski definition) is 6. The van der Waals surface area contributed by atoms with Gasteiger partial charge in [-0.3, -0.25) is 0 Å². The molecule has 3 aliphatic carbocycles. The molecule has 0 saturated heterocycles. The van der Waals surface area contributed by atoms with Gasteiger partial charge in [-0.25, -0.2) is 0 Å². The molecule has 4 aromatic carbocycles. The maximum Gasteiger partial charge on any atom is 0.416 e. The van der Waals surface area contributed by atoms with E-state index in [9.17, 15) is 71.1 Å². The first-order valence-electron chi connectivity index (χ1n) is 15.0. The summed E-state index contributed by atoms with van der Waals surface area (Å²) >= 11 is 0. The first kappa shape index (κ1) is 34.8. The van der Waals surface area contributed by atoms with Crippen LogP contribution in [0.1, 0.15) is 50.1 Å². The Labute approximate surface area is 297 Å². The lowest BCUT2D eigenvalue weighted by Gasteiger charge is -2.18. The Balaban J connectivity index is 1.84. The Bertz CT molecular complexity index is 2460. The molecule has 0 aliphatic heterocycles. The molecule has 0 unspecified atom stereocenters. The molecule has 0 N–H and O–H groups in total. The molecule has 0 radical (unpaired) electrons. The third-order valence-corrected chi connectivity index (χ3v) is 9.33. The van der Waals surface area contributed by atoms with Gasteiger partial charge in [0.1, 0.15) is 53.1 Å². The van der Waals surface area contributed by atoms with Crippen molar-refractivity contribution in [1.29, 1.82) is 31.6 Å². The number of alkyl halides is 9. The Hall–Kier alpha value is -7.59. The fraction of sp³-hybridized carbons (Fsp3) is 0.0769. The number of benzene rings is 4. The smallest absolute Gasteiger partial charge is 0.192 e. The molecule has 258 valence electrons. The summed E-state index contributed by atoms with van der Waals surface area (Å²) < 4.78 is 127. The van der Waals surface area contributed by atoms with Gasteiger partial charge in [0.25, 0.3) is 0 Å². The van der Waals surface area contributed by atoms with Crippen molar-refractivity contribution in [3.05, 3.63) is 121 Å². The van der Waals surface area contributed by atoms with E-state index >= 15 is 0 Å². The molecule has 7 rings (SSSR count). The quantitative estimate of drug-likeness (QED) is 0.112. The van der Waals surface area contributed by atoms with Crippen molar-refractivity contribution >= 4 is 16.7 Å². The molecule has 3 aliphatic rings. The number of rotatable bonds is 0. The summed E-state index contributed by atoms with van der Waals surface area (Å²) in [5, 5.41) is 60.8. The Morgan fingerprint density at radius 2 is 0.556 bits per heavy atom. The fourth-order valence-corrected chi connectivity index (χ4v) is 7.34. The van der Waals surface area contributed by atoms with E-state index in [4.69, 9.17) is 0 Å². The minimum absolute atomic E-state index is 0.127. The number of fused-ring (bicyclic) bond motifs is 12. The summed E-state index contributed by atoms with van der Waals surface area (Å²) in [4.78, 5) is 0. The highest BCUT2D eigenvalue weighted by Gasteiger charge is 2.47. The van der Waals surface area contributed by atoms with Gasteiger partial charge in [0, 0.05) is 33.4 Å². The number of nitriles is 6. The van der Waals surface area contributed by atoms with Crippen LogP contribution in [-0.4, -0.2) is 0 Å². The van der Waals surface area contributed by atoms with E-state index in [2.05, 4.69) is 0 Å². The van der Waals surface area contributed by atoms with E-state index in [0.717, 1.165) is 18.2 Å². The normalized spacial score (nSPS) is 13.1. The predicted octanol–water partition coefficient (Wildman–Crippen LogP) is 10.2. The highest BCUT2D eigenvalue weighted by atomic mass is 19.4. The first-order valence-corrected chi connectivity index (χ1v) is 15.0. The topological polar surface area (TPSA) is 143 Å². The minimum Gasteiger partial charge on any atom is -0.192 e. The van der Waals surface area contributed by atoms with Crippen LogP contribution in [0.3, 0.4) is 0 Å². The Kier molecular flexibility index (Phi) is 7.39. The Morgan fingerprint density at radius 1 is 0.333 bits per heavy atom. The molecule has 0 fully saturated rings. The fourth-order valence-electron chi connectivity index (χ4n) is 7.34. The molecule has 0 atom stereocenters. The van der Waals surface area contributed by atoms with Gasteiger partial charge >= 0.3 is 18.5 Å². The molecule has 4 aromatic rings. The van der Waals surface area contributed by atoms with Crippen LogP contribution in [-0.2, 0) is 18.5 Å². The molecule has 15 heteroatoms. The number of halogens is 9. The predicted molar refractivity (Wildman–Crippen MR) is 169 cm³/mol. The van der Waals surface area contributed by atoms with Crippen LogP contribution in [0, 0.1) is 68.0 Å². The monoisotopic (exact) mass is 732 g/mol. The lowest BCUT2D eigenvalue weighted by molar-refractivity contribution is -0.138. The number of nitrogens with zero attached hydrogens (tertiary/aromatic N) is 6. The van der Waals surface area contributed by atoms with Gasteiger partial charge in [0.2, 0.25) is 0 Å². The first-order chi connectivity index (χ1) is 25.5. The van der Waals surface area contributed by atoms with Crippen LogP contribution < -0.4 is 0 Å².